The molecule has 2 atom stereocenters. The standard InChI is InChI=1S/C27H27ClN2O/c28-24-13-11-20(12-14-24)15-27(31)30-17-23-16-29(26(23)19-30)18-25(21-7-3-1-4-8-21)22-9-5-2-6-10-22/h1-14,23,25-26H,15-19H2. The summed E-state index contributed by atoms with van der Waals surface area (Å²) < 4.78 is 0. The molecule has 0 radical (unpaired) electrons. The summed E-state index contributed by atoms with van der Waals surface area (Å²) in [5.74, 6) is 1.17. The van der Waals surface area contributed by atoms with Crippen molar-refractivity contribution >= 4 is 17.5 Å². The first-order chi connectivity index (χ1) is 15.2. The van der Waals surface area contributed by atoms with Crippen LogP contribution in [0.4, 0.5) is 0 Å². The second-order valence-electron chi connectivity index (χ2n) is 8.76. The Labute approximate surface area is 189 Å². The summed E-state index contributed by atoms with van der Waals surface area (Å²) in [7, 11) is 0. The van der Waals surface area contributed by atoms with Crippen molar-refractivity contribution in [2.24, 2.45) is 5.92 Å². The highest BCUT2D eigenvalue weighted by Gasteiger charge is 2.47. The number of amides is 1. The minimum Gasteiger partial charge on any atom is -0.340 e. The molecule has 0 aromatic heterocycles. The van der Waals surface area contributed by atoms with Crippen molar-refractivity contribution in [3.8, 4) is 0 Å². The van der Waals surface area contributed by atoms with Gasteiger partial charge in [0.1, 0.15) is 0 Å². The lowest BCUT2D eigenvalue weighted by Crippen LogP contribution is -2.56. The van der Waals surface area contributed by atoms with Gasteiger partial charge in [0.15, 0.2) is 0 Å². The summed E-state index contributed by atoms with van der Waals surface area (Å²) in [6, 6.07) is 29.6. The first-order valence-corrected chi connectivity index (χ1v) is 11.4. The quantitative estimate of drug-likeness (QED) is 0.557. The van der Waals surface area contributed by atoms with Crippen molar-refractivity contribution in [1.29, 1.82) is 0 Å². The fraction of sp³-hybridized carbons (Fsp3) is 0.296. The van der Waals surface area contributed by atoms with Gasteiger partial charge in [-0.25, -0.2) is 0 Å². The smallest absolute Gasteiger partial charge is 0.227 e. The maximum absolute atomic E-state index is 12.9. The Morgan fingerprint density at radius 2 is 1.45 bits per heavy atom. The predicted molar refractivity (Wildman–Crippen MR) is 125 cm³/mol. The number of carbonyl (C=O) groups excluding carboxylic acids is 1. The molecule has 158 valence electrons. The molecular formula is C27H27ClN2O. The molecule has 5 rings (SSSR count). The summed E-state index contributed by atoms with van der Waals surface area (Å²) in [5, 5.41) is 0.706. The van der Waals surface area contributed by atoms with E-state index in [1.807, 2.05) is 24.3 Å². The molecule has 0 spiro atoms. The SMILES string of the molecule is O=C(Cc1ccc(Cl)cc1)N1CC2CN(CC(c3ccccc3)c3ccccc3)C2C1. The third kappa shape index (κ3) is 4.39. The molecule has 0 N–H and O–H groups in total. The predicted octanol–water partition coefficient (Wildman–Crippen LogP) is 4.86. The van der Waals surface area contributed by atoms with E-state index in [9.17, 15) is 4.79 Å². The summed E-state index contributed by atoms with van der Waals surface area (Å²) in [6.45, 7) is 3.79. The van der Waals surface area contributed by atoms with Crippen LogP contribution < -0.4 is 0 Å². The number of hydrogen-bond donors (Lipinski definition) is 0. The van der Waals surface area contributed by atoms with E-state index in [0.29, 0.717) is 29.3 Å². The van der Waals surface area contributed by atoms with Gasteiger partial charge in [0.2, 0.25) is 5.91 Å². The van der Waals surface area contributed by atoms with Crippen molar-refractivity contribution in [3.63, 3.8) is 0 Å². The highest BCUT2D eigenvalue weighted by molar-refractivity contribution is 6.30. The Morgan fingerprint density at radius 3 is 2.06 bits per heavy atom. The zero-order chi connectivity index (χ0) is 21.2. The average molecular weight is 431 g/mol. The molecule has 3 aromatic carbocycles. The van der Waals surface area contributed by atoms with Gasteiger partial charge in [-0.1, -0.05) is 84.4 Å². The lowest BCUT2D eigenvalue weighted by molar-refractivity contribution is -0.129. The number of benzene rings is 3. The molecule has 0 bridgehead atoms. The molecule has 2 unspecified atom stereocenters. The maximum atomic E-state index is 12.9. The van der Waals surface area contributed by atoms with Gasteiger partial charge in [-0.2, -0.15) is 0 Å². The van der Waals surface area contributed by atoms with Crippen LogP contribution in [0.15, 0.2) is 84.9 Å². The second kappa shape index (κ2) is 8.86. The highest BCUT2D eigenvalue weighted by atomic mass is 35.5. The number of rotatable bonds is 6. The minimum atomic E-state index is 0.222. The molecule has 0 saturated carbocycles. The topological polar surface area (TPSA) is 23.6 Å². The van der Waals surface area contributed by atoms with Gasteiger partial charge in [-0.3, -0.25) is 9.69 Å². The zero-order valence-corrected chi connectivity index (χ0v) is 18.3. The monoisotopic (exact) mass is 430 g/mol. The van der Waals surface area contributed by atoms with Crippen LogP contribution in [0.5, 0.6) is 0 Å². The number of likely N-dealkylation sites (tertiary alicyclic amines) is 2. The maximum Gasteiger partial charge on any atom is 0.227 e. The van der Waals surface area contributed by atoms with Crippen molar-refractivity contribution in [3.05, 3.63) is 107 Å². The van der Waals surface area contributed by atoms with Crippen LogP contribution in [0.1, 0.15) is 22.6 Å². The van der Waals surface area contributed by atoms with Crippen LogP contribution >= 0.6 is 11.6 Å². The van der Waals surface area contributed by atoms with E-state index in [0.717, 1.165) is 31.7 Å². The van der Waals surface area contributed by atoms with E-state index in [2.05, 4.69) is 70.5 Å². The summed E-state index contributed by atoms with van der Waals surface area (Å²) >= 11 is 5.97. The third-order valence-corrected chi connectivity index (χ3v) is 7.04. The van der Waals surface area contributed by atoms with Gasteiger partial charge in [-0.15, -0.1) is 0 Å². The van der Waals surface area contributed by atoms with Gasteiger partial charge >= 0.3 is 0 Å². The molecule has 3 aromatic rings. The number of nitrogens with zero attached hydrogens (tertiary/aromatic N) is 2. The van der Waals surface area contributed by atoms with Gasteiger partial charge in [0.05, 0.1) is 6.42 Å². The number of fused-ring (bicyclic) bond motifs is 1. The number of hydrogen-bond acceptors (Lipinski definition) is 2. The highest BCUT2D eigenvalue weighted by Crippen LogP contribution is 2.36. The van der Waals surface area contributed by atoms with E-state index in [1.54, 1.807) is 0 Å². The van der Waals surface area contributed by atoms with E-state index in [-0.39, 0.29) is 5.91 Å². The number of carbonyl (C=O) groups is 1. The molecule has 1 amide bonds. The molecule has 2 aliphatic rings. The molecule has 31 heavy (non-hydrogen) atoms. The molecular weight excluding hydrogens is 404 g/mol. The molecule has 2 aliphatic heterocycles. The minimum absolute atomic E-state index is 0.222. The van der Waals surface area contributed by atoms with E-state index in [4.69, 9.17) is 11.6 Å². The van der Waals surface area contributed by atoms with E-state index in [1.165, 1.54) is 11.1 Å². The van der Waals surface area contributed by atoms with Crippen LogP contribution in [-0.2, 0) is 11.2 Å². The van der Waals surface area contributed by atoms with E-state index >= 15 is 0 Å². The van der Waals surface area contributed by atoms with Gasteiger partial charge in [0, 0.05) is 49.1 Å². The average Bonchev–Trinajstić information content (AvgIpc) is 3.14. The Bertz CT molecular complexity index is 983. The fourth-order valence-electron chi connectivity index (χ4n) is 5.06. The molecule has 4 heteroatoms. The van der Waals surface area contributed by atoms with Gasteiger partial charge < -0.3 is 4.90 Å². The first-order valence-electron chi connectivity index (χ1n) is 11.0. The number of halogens is 1. The Morgan fingerprint density at radius 1 is 0.839 bits per heavy atom. The molecule has 2 saturated heterocycles. The van der Waals surface area contributed by atoms with Crippen LogP contribution in [0, 0.1) is 5.92 Å². The van der Waals surface area contributed by atoms with Gasteiger partial charge in [-0.05, 0) is 28.8 Å². The molecule has 2 fully saturated rings. The summed E-state index contributed by atoms with van der Waals surface area (Å²) in [4.78, 5) is 17.5. The molecule has 3 nitrogen and oxygen atoms in total. The van der Waals surface area contributed by atoms with Crippen molar-refractivity contribution in [1.82, 2.24) is 9.80 Å². The lowest BCUT2D eigenvalue weighted by atomic mass is 9.86. The van der Waals surface area contributed by atoms with Crippen molar-refractivity contribution in [2.75, 3.05) is 26.2 Å². The third-order valence-electron chi connectivity index (χ3n) is 6.79. The van der Waals surface area contributed by atoms with Crippen LogP contribution in [0.2, 0.25) is 5.02 Å². The van der Waals surface area contributed by atoms with Crippen molar-refractivity contribution < 1.29 is 4.79 Å². The zero-order valence-electron chi connectivity index (χ0n) is 17.5. The molecule has 0 aliphatic carbocycles. The van der Waals surface area contributed by atoms with Crippen LogP contribution in [0.25, 0.3) is 0 Å². The summed E-state index contributed by atoms with van der Waals surface area (Å²) in [5.41, 5.74) is 3.73. The molecule has 2 heterocycles. The lowest BCUT2D eigenvalue weighted by Gasteiger charge is -2.45. The Hall–Kier alpha value is -2.62. The second-order valence-corrected chi connectivity index (χ2v) is 9.19. The Balaban J connectivity index is 1.25. The fourth-order valence-corrected chi connectivity index (χ4v) is 5.18. The van der Waals surface area contributed by atoms with E-state index < -0.39 is 0 Å². The largest absolute Gasteiger partial charge is 0.340 e. The first kappa shape index (κ1) is 20.3. The van der Waals surface area contributed by atoms with Gasteiger partial charge in [0.25, 0.3) is 0 Å². The normalized spacial score (nSPS) is 20.5. The van der Waals surface area contributed by atoms with Crippen LogP contribution in [0.3, 0.4) is 0 Å². The Kier molecular flexibility index (Phi) is 5.80. The summed E-state index contributed by atoms with van der Waals surface area (Å²) in [6.07, 6.45) is 0.452. The van der Waals surface area contributed by atoms with Crippen LogP contribution in [-0.4, -0.2) is 47.9 Å². The van der Waals surface area contributed by atoms with Crippen molar-refractivity contribution in [2.45, 2.75) is 18.4 Å².